The van der Waals surface area contributed by atoms with Crippen LogP contribution in [0.1, 0.15) is 6.42 Å². The highest BCUT2D eigenvalue weighted by Crippen LogP contribution is 2.03. The van der Waals surface area contributed by atoms with Crippen molar-refractivity contribution in [3.8, 4) is 0 Å². The predicted molar refractivity (Wildman–Crippen MR) is 76.6 cm³/mol. The van der Waals surface area contributed by atoms with Gasteiger partial charge in [0, 0.05) is 33.4 Å². The summed E-state index contributed by atoms with van der Waals surface area (Å²) in [6.07, 6.45) is 1.36. The number of ether oxygens (including phenoxy) is 1. The number of nitrogens with zero attached hydrogens (tertiary/aromatic N) is 2. The standard InChI is InChI=1S/C11H20N4O5S/c1-14-6-9(10(16)15(2)11(14)17)21(18,19)13-8(4-5-12)7-20-3/h6,8,13H,4-5,7,12H2,1-3H3. The van der Waals surface area contributed by atoms with Gasteiger partial charge in [0.25, 0.3) is 5.56 Å². The maximum atomic E-state index is 12.3. The first-order chi connectivity index (χ1) is 9.74. The van der Waals surface area contributed by atoms with Crippen LogP contribution in [0.3, 0.4) is 0 Å². The average molecular weight is 320 g/mol. The van der Waals surface area contributed by atoms with Crippen LogP contribution in [0.25, 0.3) is 0 Å². The fourth-order valence-corrected chi connectivity index (χ4v) is 3.24. The summed E-state index contributed by atoms with van der Waals surface area (Å²) in [5.41, 5.74) is 3.93. The molecule has 0 aliphatic carbocycles. The van der Waals surface area contributed by atoms with E-state index in [1.807, 2.05) is 0 Å². The molecule has 0 radical (unpaired) electrons. The van der Waals surface area contributed by atoms with E-state index in [2.05, 4.69) is 4.72 Å². The third kappa shape index (κ3) is 4.00. The smallest absolute Gasteiger partial charge is 0.330 e. The highest BCUT2D eigenvalue weighted by Gasteiger charge is 2.24. The Morgan fingerprint density at radius 1 is 1.38 bits per heavy atom. The zero-order valence-electron chi connectivity index (χ0n) is 12.2. The molecule has 1 heterocycles. The number of sulfonamides is 1. The van der Waals surface area contributed by atoms with E-state index in [0.717, 1.165) is 15.3 Å². The lowest BCUT2D eigenvalue weighted by atomic mass is 10.2. The summed E-state index contributed by atoms with van der Waals surface area (Å²) in [7, 11) is -0.0545. The van der Waals surface area contributed by atoms with Crippen LogP contribution in [-0.2, 0) is 28.9 Å². The van der Waals surface area contributed by atoms with Gasteiger partial charge in [-0.2, -0.15) is 0 Å². The first kappa shape index (κ1) is 17.6. The second-order valence-corrected chi connectivity index (χ2v) is 6.28. The SMILES string of the molecule is COCC(CCN)NS(=O)(=O)c1cn(C)c(=O)n(C)c1=O. The summed E-state index contributed by atoms with van der Waals surface area (Å²) in [4.78, 5) is 23.0. The van der Waals surface area contributed by atoms with E-state index < -0.39 is 32.2 Å². The largest absolute Gasteiger partial charge is 0.383 e. The first-order valence-corrected chi connectivity index (χ1v) is 7.71. The third-order valence-corrected chi connectivity index (χ3v) is 4.41. The molecule has 1 rings (SSSR count). The van der Waals surface area contributed by atoms with Crippen LogP contribution in [0.2, 0.25) is 0 Å². The topological polar surface area (TPSA) is 125 Å². The highest BCUT2D eigenvalue weighted by molar-refractivity contribution is 7.89. The summed E-state index contributed by atoms with van der Waals surface area (Å²) in [6.45, 7) is 0.393. The molecule has 21 heavy (non-hydrogen) atoms. The lowest BCUT2D eigenvalue weighted by Crippen LogP contribution is -2.45. The second-order valence-electron chi connectivity index (χ2n) is 4.60. The molecule has 0 aliphatic rings. The molecule has 0 spiro atoms. The minimum absolute atomic E-state index is 0.127. The van der Waals surface area contributed by atoms with Crippen molar-refractivity contribution in [2.75, 3.05) is 20.3 Å². The van der Waals surface area contributed by atoms with E-state index in [-0.39, 0.29) is 13.2 Å². The maximum Gasteiger partial charge on any atom is 0.330 e. The van der Waals surface area contributed by atoms with E-state index >= 15 is 0 Å². The summed E-state index contributed by atoms with van der Waals surface area (Å²) < 4.78 is 33.6. The number of methoxy groups -OCH3 is 1. The van der Waals surface area contributed by atoms with E-state index in [9.17, 15) is 18.0 Å². The van der Waals surface area contributed by atoms with Crippen LogP contribution in [0.5, 0.6) is 0 Å². The zero-order valence-corrected chi connectivity index (χ0v) is 13.0. The van der Waals surface area contributed by atoms with Crippen molar-refractivity contribution in [3.63, 3.8) is 0 Å². The van der Waals surface area contributed by atoms with Crippen LogP contribution >= 0.6 is 0 Å². The normalized spacial score (nSPS) is 13.3. The zero-order chi connectivity index (χ0) is 16.2. The molecule has 0 saturated heterocycles. The Kier molecular flexibility index (Phi) is 5.84. The van der Waals surface area contributed by atoms with Crippen molar-refractivity contribution in [2.24, 2.45) is 19.8 Å². The summed E-state index contributed by atoms with van der Waals surface area (Å²) in [6, 6.07) is -0.549. The van der Waals surface area contributed by atoms with Gasteiger partial charge in [-0.1, -0.05) is 0 Å². The van der Waals surface area contributed by atoms with Gasteiger partial charge in [0.05, 0.1) is 6.61 Å². The Hall–Kier alpha value is -1.49. The summed E-state index contributed by atoms with van der Waals surface area (Å²) >= 11 is 0. The molecule has 1 atom stereocenters. The quantitative estimate of drug-likeness (QED) is 0.583. The Morgan fingerprint density at radius 3 is 2.52 bits per heavy atom. The lowest BCUT2D eigenvalue weighted by molar-refractivity contribution is 0.172. The van der Waals surface area contributed by atoms with Crippen molar-refractivity contribution in [3.05, 3.63) is 27.0 Å². The second kappa shape index (κ2) is 6.98. The fourth-order valence-electron chi connectivity index (χ4n) is 1.82. The van der Waals surface area contributed by atoms with Crippen molar-refractivity contribution in [1.82, 2.24) is 13.9 Å². The van der Waals surface area contributed by atoms with Gasteiger partial charge in [0.15, 0.2) is 4.90 Å². The molecule has 0 aliphatic heterocycles. The molecule has 1 unspecified atom stereocenters. The lowest BCUT2D eigenvalue weighted by Gasteiger charge is -2.17. The molecule has 120 valence electrons. The number of aromatic nitrogens is 2. The van der Waals surface area contributed by atoms with Gasteiger partial charge in [-0.15, -0.1) is 0 Å². The van der Waals surface area contributed by atoms with Crippen molar-refractivity contribution < 1.29 is 13.2 Å². The molecule has 0 aromatic carbocycles. The molecular weight excluding hydrogens is 300 g/mol. The van der Waals surface area contributed by atoms with Gasteiger partial charge in [0.1, 0.15) is 0 Å². The fraction of sp³-hybridized carbons (Fsp3) is 0.636. The Bertz CT molecular complexity index is 700. The number of nitrogens with one attached hydrogen (secondary N) is 1. The van der Waals surface area contributed by atoms with E-state index in [0.29, 0.717) is 6.42 Å². The molecule has 3 N–H and O–H groups in total. The van der Waals surface area contributed by atoms with E-state index in [4.69, 9.17) is 10.5 Å². The Morgan fingerprint density at radius 2 is 2.00 bits per heavy atom. The van der Waals surface area contributed by atoms with Gasteiger partial charge >= 0.3 is 5.69 Å². The van der Waals surface area contributed by atoms with Crippen molar-refractivity contribution in [2.45, 2.75) is 17.4 Å². The molecule has 0 fully saturated rings. The number of nitrogens with two attached hydrogens (primary N) is 1. The van der Waals surface area contributed by atoms with Crippen LogP contribution in [0.15, 0.2) is 20.7 Å². The Balaban J connectivity index is 3.25. The number of hydrogen-bond acceptors (Lipinski definition) is 6. The number of hydrogen-bond donors (Lipinski definition) is 2. The van der Waals surface area contributed by atoms with Crippen LogP contribution in [0.4, 0.5) is 0 Å². The molecule has 0 bridgehead atoms. The Labute approximate surface area is 122 Å². The summed E-state index contributed by atoms with van der Waals surface area (Å²) in [5.74, 6) is 0. The van der Waals surface area contributed by atoms with Crippen molar-refractivity contribution >= 4 is 10.0 Å². The van der Waals surface area contributed by atoms with Gasteiger partial charge in [-0.3, -0.25) is 9.36 Å². The van der Waals surface area contributed by atoms with Gasteiger partial charge in [-0.25, -0.2) is 17.9 Å². The number of aryl methyl sites for hydroxylation is 1. The van der Waals surface area contributed by atoms with E-state index in [1.165, 1.54) is 21.2 Å². The molecule has 9 nitrogen and oxygen atoms in total. The van der Waals surface area contributed by atoms with Crippen LogP contribution in [0, 0.1) is 0 Å². The van der Waals surface area contributed by atoms with Crippen molar-refractivity contribution in [1.29, 1.82) is 0 Å². The van der Waals surface area contributed by atoms with E-state index in [1.54, 1.807) is 0 Å². The molecular formula is C11H20N4O5S. The first-order valence-electron chi connectivity index (χ1n) is 6.22. The van der Waals surface area contributed by atoms with Gasteiger partial charge in [-0.05, 0) is 13.0 Å². The minimum Gasteiger partial charge on any atom is -0.383 e. The summed E-state index contributed by atoms with van der Waals surface area (Å²) in [5, 5.41) is 0. The van der Waals surface area contributed by atoms with Gasteiger partial charge < -0.3 is 15.0 Å². The number of rotatable bonds is 7. The van der Waals surface area contributed by atoms with Gasteiger partial charge in [0.2, 0.25) is 10.0 Å². The highest BCUT2D eigenvalue weighted by atomic mass is 32.2. The predicted octanol–water partition coefficient (Wildman–Crippen LogP) is -2.27. The average Bonchev–Trinajstić information content (AvgIpc) is 2.40. The van der Waals surface area contributed by atoms with Crippen LogP contribution in [-0.4, -0.2) is 43.9 Å². The molecule has 1 aromatic heterocycles. The minimum atomic E-state index is -4.07. The third-order valence-electron chi connectivity index (χ3n) is 2.91. The molecule has 1 aromatic rings. The molecule has 10 heteroatoms. The van der Waals surface area contributed by atoms with Crippen LogP contribution < -0.4 is 21.7 Å². The maximum absolute atomic E-state index is 12.3. The monoisotopic (exact) mass is 320 g/mol. The molecule has 0 amide bonds. The molecule has 0 saturated carbocycles.